The number of methoxy groups -OCH3 is 1. The van der Waals surface area contributed by atoms with Crippen molar-refractivity contribution in [2.24, 2.45) is 0 Å². The molecule has 2 nitrogen and oxygen atoms in total. The van der Waals surface area contributed by atoms with Gasteiger partial charge in [0.05, 0.1) is 7.11 Å². The molecule has 1 heterocycles. The standard InChI is InChI=1S/C12H10ClNO/c1-15-12-3-2-10(13)8-11(12)9-4-6-14-7-5-9/h2-8H,1H3. The lowest BCUT2D eigenvalue weighted by atomic mass is 10.1. The largest absolute Gasteiger partial charge is 0.496 e. The van der Waals surface area contributed by atoms with Crippen LogP contribution in [-0.2, 0) is 0 Å². The van der Waals surface area contributed by atoms with Crippen molar-refractivity contribution >= 4 is 11.6 Å². The molecule has 3 heteroatoms. The van der Waals surface area contributed by atoms with Gasteiger partial charge in [-0.3, -0.25) is 4.98 Å². The van der Waals surface area contributed by atoms with Crippen molar-refractivity contribution < 1.29 is 4.74 Å². The van der Waals surface area contributed by atoms with Crippen molar-refractivity contribution in [1.82, 2.24) is 4.98 Å². The van der Waals surface area contributed by atoms with Crippen LogP contribution in [0, 0.1) is 0 Å². The number of aromatic nitrogens is 1. The highest BCUT2D eigenvalue weighted by Gasteiger charge is 2.05. The van der Waals surface area contributed by atoms with Gasteiger partial charge in [-0.2, -0.15) is 0 Å². The quantitative estimate of drug-likeness (QED) is 0.772. The number of rotatable bonds is 2. The number of pyridine rings is 1. The van der Waals surface area contributed by atoms with Gasteiger partial charge in [0.1, 0.15) is 5.75 Å². The normalized spacial score (nSPS) is 10.0. The van der Waals surface area contributed by atoms with E-state index in [0.29, 0.717) is 5.02 Å². The van der Waals surface area contributed by atoms with Gasteiger partial charge >= 0.3 is 0 Å². The van der Waals surface area contributed by atoms with Crippen molar-refractivity contribution in [3.8, 4) is 16.9 Å². The summed E-state index contributed by atoms with van der Waals surface area (Å²) in [4.78, 5) is 3.98. The molecule has 1 aromatic carbocycles. The summed E-state index contributed by atoms with van der Waals surface area (Å²) in [7, 11) is 1.65. The lowest BCUT2D eigenvalue weighted by Gasteiger charge is -2.08. The van der Waals surface area contributed by atoms with E-state index in [1.54, 1.807) is 19.5 Å². The van der Waals surface area contributed by atoms with Gasteiger partial charge < -0.3 is 4.74 Å². The first-order valence-electron chi connectivity index (χ1n) is 4.55. The Balaban J connectivity index is 2.56. The molecule has 0 saturated carbocycles. The van der Waals surface area contributed by atoms with Crippen LogP contribution in [0.2, 0.25) is 5.02 Å². The van der Waals surface area contributed by atoms with Crippen molar-refractivity contribution in [2.45, 2.75) is 0 Å². The molecule has 0 aliphatic heterocycles. The second-order valence-electron chi connectivity index (χ2n) is 3.08. The van der Waals surface area contributed by atoms with Gasteiger partial charge in [-0.1, -0.05) is 11.6 Å². The molecule has 0 aliphatic carbocycles. The van der Waals surface area contributed by atoms with Crippen LogP contribution in [0.25, 0.3) is 11.1 Å². The molecule has 0 unspecified atom stereocenters. The summed E-state index contributed by atoms with van der Waals surface area (Å²) in [5.74, 6) is 0.811. The summed E-state index contributed by atoms with van der Waals surface area (Å²) in [6, 6.07) is 9.40. The molecule has 76 valence electrons. The molecule has 0 bridgehead atoms. The minimum atomic E-state index is 0.697. The summed E-state index contributed by atoms with van der Waals surface area (Å²) in [5, 5.41) is 0.697. The lowest BCUT2D eigenvalue weighted by molar-refractivity contribution is 0.416. The number of ether oxygens (including phenoxy) is 1. The third kappa shape index (κ3) is 2.10. The Morgan fingerprint density at radius 1 is 1.13 bits per heavy atom. The molecule has 0 fully saturated rings. The third-order valence-electron chi connectivity index (χ3n) is 2.15. The van der Waals surface area contributed by atoms with Gasteiger partial charge in [0.25, 0.3) is 0 Å². The van der Waals surface area contributed by atoms with Crippen LogP contribution >= 0.6 is 11.6 Å². The maximum absolute atomic E-state index is 5.95. The van der Waals surface area contributed by atoms with E-state index < -0.39 is 0 Å². The molecule has 0 radical (unpaired) electrons. The average molecular weight is 220 g/mol. The molecule has 15 heavy (non-hydrogen) atoms. The van der Waals surface area contributed by atoms with Crippen LogP contribution in [0.15, 0.2) is 42.7 Å². The number of halogens is 1. The van der Waals surface area contributed by atoms with Gasteiger partial charge in [-0.15, -0.1) is 0 Å². The molecule has 0 aliphatic rings. The molecule has 0 spiro atoms. The Bertz CT molecular complexity index is 456. The van der Waals surface area contributed by atoms with E-state index in [1.807, 2.05) is 30.3 Å². The SMILES string of the molecule is COc1ccc(Cl)cc1-c1ccncc1. The molecule has 0 N–H and O–H groups in total. The van der Waals surface area contributed by atoms with E-state index in [4.69, 9.17) is 16.3 Å². The zero-order valence-corrected chi connectivity index (χ0v) is 9.03. The average Bonchev–Trinajstić information content (AvgIpc) is 2.30. The van der Waals surface area contributed by atoms with Crippen LogP contribution in [0.4, 0.5) is 0 Å². The minimum absolute atomic E-state index is 0.697. The summed E-state index contributed by atoms with van der Waals surface area (Å²) < 4.78 is 5.28. The first-order chi connectivity index (χ1) is 7.31. The fraction of sp³-hybridized carbons (Fsp3) is 0.0833. The minimum Gasteiger partial charge on any atom is -0.496 e. The predicted molar refractivity (Wildman–Crippen MR) is 61.2 cm³/mol. The fourth-order valence-electron chi connectivity index (χ4n) is 1.44. The van der Waals surface area contributed by atoms with Crippen LogP contribution < -0.4 is 4.74 Å². The number of hydrogen-bond donors (Lipinski definition) is 0. The lowest BCUT2D eigenvalue weighted by Crippen LogP contribution is -1.87. The van der Waals surface area contributed by atoms with Crippen LogP contribution in [0.1, 0.15) is 0 Å². The van der Waals surface area contributed by atoms with Gasteiger partial charge in [0.2, 0.25) is 0 Å². The van der Waals surface area contributed by atoms with E-state index in [2.05, 4.69) is 4.98 Å². The van der Waals surface area contributed by atoms with E-state index in [-0.39, 0.29) is 0 Å². The van der Waals surface area contributed by atoms with Gasteiger partial charge in [-0.25, -0.2) is 0 Å². The Kier molecular flexibility index (Phi) is 2.88. The van der Waals surface area contributed by atoms with Gasteiger partial charge in [0.15, 0.2) is 0 Å². The summed E-state index contributed by atoms with van der Waals surface area (Å²) in [6.45, 7) is 0. The highest BCUT2D eigenvalue weighted by molar-refractivity contribution is 6.31. The Morgan fingerprint density at radius 2 is 1.87 bits per heavy atom. The second-order valence-corrected chi connectivity index (χ2v) is 3.52. The maximum atomic E-state index is 5.95. The molecule has 2 aromatic rings. The Morgan fingerprint density at radius 3 is 2.53 bits per heavy atom. The molecule has 0 atom stereocenters. The van der Waals surface area contributed by atoms with Crippen LogP contribution in [0.3, 0.4) is 0 Å². The smallest absolute Gasteiger partial charge is 0.126 e. The molecule has 0 amide bonds. The van der Waals surface area contributed by atoms with E-state index in [0.717, 1.165) is 16.9 Å². The zero-order valence-electron chi connectivity index (χ0n) is 8.27. The second kappa shape index (κ2) is 4.32. The fourth-order valence-corrected chi connectivity index (χ4v) is 1.61. The Hall–Kier alpha value is -1.54. The number of hydrogen-bond acceptors (Lipinski definition) is 2. The third-order valence-corrected chi connectivity index (χ3v) is 2.39. The highest BCUT2D eigenvalue weighted by Crippen LogP contribution is 2.31. The molecule has 2 rings (SSSR count). The van der Waals surface area contributed by atoms with E-state index >= 15 is 0 Å². The van der Waals surface area contributed by atoms with Crippen molar-refractivity contribution in [3.63, 3.8) is 0 Å². The topological polar surface area (TPSA) is 22.1 Å². The molecule has 1 aromatic heterocycles. The van der Waals surface area contributed by atoms with Crippen LogP contribution in [0.5, 0.6) is 5.75 Å². The van der Waals surface area contributed by atoms with Crippen molar-refractivity contribution in [1.29, 1.82) is 0 Å². The predicted octanol–water partition coefficient (Wildman–Crippen LogP) is 3.41. The van der Waals surface area contributed by atoms with Gasteiger partial charge in [0, 0.05) is 23.0 Å². The summed E-state index contributed by atoms with van der Waals surface area (Å²) >= 11 is 5.95. The maximum Gasteiger partial charge on any atom is 0.126 e. The van der Waals surface area contributed by atoms with E-state index in [1.165, 1.54) is 0 Å². The van der Waals surface area contributed by atoms with Crippen LogP contribution in [-0.4, -0.2) is 12.1 Å². The summed E-state index contributed by atoms with van der Waals surface area (Å²) in [6.07, 6.45) is 3.49. The Labute approximate surface area is 93.5 Å². The first kappa shape index (κ1) is 9.99. The number of benzene rings is 1. The monoisotopic (exact) mass is 219 g/mol. The summed E-state index contributed by atoms with van der Waals surface area (Å²) in [5.41, 5.74) is 2.02. The number of nitrogens with zero attached hydrogens (tertiary/aromatic N) is 1. The van der Waals surface area contributed by atoms with Crippen molar-refractivity contribution in [2.75, 3.05) is 7.11 Å². The zero-order chi connectivity index (χ0) is 10.7. The first-order valence-corrected chi connectivity index (χ1v) is 4.93. The molecular formula is C12H10ClNO. The molecular weight excluding hydrogens is 210 g/mol. The van der Waals surface area contributed by atoms with Gasteiger partial charge in [-0.05, 0) is 35.9 Å². The van der Waals surface area contributed by atoms with E-state index in [9.17, 15) is 0 Å². The molecule has 0 saturated heterocycles. The highest BCUT2D eigenvalue weighted by atomic mass is 35.5. The van der Waals surface area contributed by atoms with Crippen molar-refractivity contribution in [3.05, 3.63) is 47.7 Å².